The number of hydrogen-bond donors (Lipinski definition) is 3. The van der Waals surface area contributed by atoms with E-state index in [-0.39, 0.29) is 5.25 Å². The Morgan fingerprint density at radius 2 is 2.00 bits per heavy atom. The number of aliphatic hydroxyl groups excluding tert-OH is 1. The molecule has 0 bridgehead atoms. The molecule has 12 heavy (non-hydrogen) atoms. The van der Waals surface area contributed by atoms with Crippen molar-refractivity contribution in [3.05, 3.63) is 0 Å². The maximum absolute atomic E-state index is 9.14. The Hall–Kier alpha value is 0.580. The fraction of sp³-hybridized carbons (Fsp3) is 1.00. The molecular formula is C7H16O3S2. The topological polar surface area (TPSA) is 38.7 Å². The molecule has 0 rings (SSSR count). The van der Waals surface area contributed by atoms with Crippen LogP contribution in [0, 0.1) is 0 Å². The average molecular weight is 212 g/mol. The summed E-state index contributed by atoms with van der Waals surface area (Å²) >= 11 is 8.21. The summed E-state index contributed by atoms with van der Waals surface area (Å²) in [6.45, 7) is 1.10. The van der Waals surface area contributed by atoms with Crippen LogP contribution in [-0.4, -0.2) is 49.1 Å². The lowest BCUT2D eigenvalue weighted by molar-refractivity contribution is -0.00473. The second-order valence-corrected chi connectivity index (χ2v) is 3.58. The van der Waals surface area contributed by atoms with Gasteiger partial charge in [-0.25, -0.2) is 0 Å². The van der Waals surface area contributed by atoms with Gasteiger partial charge in [-0.05, 0) is 0 Å². The van der Waals surface area contributed by atoms with Gasteiger partial charge in [0.25, 0.3) is 0 Å². The molecule has 0 amide bonds. The van der Waals surface area contributed by atoms with Gasteiger partial charge in [-0.3, -0.25) is 0 Å². The fourth-order valence-corrected chi connectivity index (χ4v) is 0.844. The maximum Gasteiger partial charge on any atom is 0.101 e. The van der Waals surface area contributed by atoms with Crippen LogP contribution in [0.15, 0.2) is 0 Å². The minimum Gasteiger partial charge on any atom is -0.388 e. The first-order valence-electron chi connectivity index (χ1n) is 3.74. The van der Waals surface area contributed by atoms with Crippen LogP contribution >= 0.6 is 25.3 Å². The van der Waals surface area contributed by atoms with Crippen LogP contribution in [-0.2, 0) is 9.47 Å². The van der Waals surface area contributed by atoms with Gasteiger partial charge in [-0.2, -0.15) is 25.3 Å². The molecule has 0 aliphatic carbocycles. The van der Waals surface area contributed by atoms with Crippen LogP contribution in [0.2, 0.25) is 0 Å². The third-order valence-electron chi connectivity index (χ3n) is 1.19. The van der Waals surface area contributed by atoms with E-state index in [2.05, 4.69) is 25.3 Å². The Labute approximate surface area is 84.3 Å². The number of hydrogen-bond acceptors (Lipinski definition) is 5. The minimum absolute atomic E-state index is 0.128. The quantitative estimate of drug-likeness (QED) is 0.529. The van der Waals surface area contributed by atoms with E-state index in [0.29, 0.717) is 25.6 Å². The summed E-state index contributed by atoms with van der Waals surface area (Å²) in [5.41, 5.74) is 0. The Balaban J connectivity index is 3.18. The SMILES string of the molecule is COCC(O)COCC(S)CS. The van der Waals surface area contributed by atoms with Gasteiger partial charge in [-0.1, -0.05) is 0 Å². The first kappa shape index (κ1) is 12.6. The van der Waals surface area contributed by atoms with Crippen LogP contribution in [0.1, 0.15) is 0 Å². The summed E-state index contributed by atoms with van der Waals surface area (Å²) in [5, 5.41) is 9.27. The van der Waals surface area contributed by atoms with E-state index in [4.69, 9.17) is 14.6 Å². The molecule has 3 nitrogen and oxygen atoms in total. The lowest BCUT2D eigenvalue weighted by atomic mass is 10.4. The van der Waals surface area contributed by atoms with Gasteiger partial charge in [-0.15, -0.1) is 0 Å². The van der Waals surface area contributed by atoms with Gasteiger partial charge in [0.15, 0.2) is 0 Å². The maximum atomic E-state index is 9.14. The van der Waals surface area contributed by atoms with Gasteiger partial charge in [0.05, 0.1) is 19.8 Å². The molecule has 0 aromatic rings. The molecule has 1 N–H and O–H groups in total. The highest BCUT2D eigenvalue weighted by Crippen LogP contribution is 1.98. The standard InChI is InChI=1S/C7H16O3S2/c1-9-2-6(8)3-10-4-7(12)5-11/h6-8,11-12H,2-5H2,1H3. The molecule has 0 aromatic heterocycles. The molecule has 0 radical (unpaired) electrons. The van der Waals surface area contributed by atoms with Gasteiger partial charge in [0.1, 0.15) is 6.10 Å². The lowest BCUT2D eigenvalue weighted by Gasteiger charge is -2.12. The molecule has 2 atom stereocenters. The number of methoxy groups -OCH3 is 1. The van der Waals surface area contributed by atoms with E-state index < -0.39 is 6.10 Å². The molecule has 0 heterocycles. The summed E-state index contributed by atoms with van der Waals surface area (Å²) in [7, 11) is 1.54. The van der Waals surface area contributed by atoms with E-state index in [0.717, 1.165) is 0 Å². The Morgan fingerprint density at radius 3 is 2.50 bits per heavy atom. The molecule has 2 unspecified atom stereocenters. The number of thiol groups is 2. The second kappa shape index (κ2) is 8.19. The van der Waals surface area contributed by atoms with Crippen molar-refractivity contribution in [2.24, 2.45) is 0 Å². The molecule has 0 fully saturated rings. The van der Waals surface area contributed by atoms with E-state index in [1.54, 1.807) is 7.11 Å². The first-order valence-corrected chi connectivity index (χ1v) is 4.89. The molecule has 0 saturated carbocycles. The summed E-state index contributed by atoms with van der Waals surface area (Å²) in [6, 6.07) is 0. The van der Waals surface area contributed by atoms with Gasteiger partial charge in [0, 0.05) is 18.1 Å². The largest absolute Gasteiger partial charge is 0.388 e. The van der Waals surface area contributed by atoms with Crippen LogP contribution in [0.5, 0.6) is 0 Å². The molecule has 0 aromatic carbocycles. The van der Waals surface area contributed by atoms with Gasteiger partial charge < -0.3 is 14.6 Å². The Kier molecular flexibility index (Phi) is 8.59. The van der Waals surface area contributed by atoms with Crippen molar-refractivity contribution in [1.82, 2.24) is 0 Å². The molecule has 5 heteroatoms. The molecule has 0 spiro atoms. The molecular weight excluding hydrogens is 196 g/mol. The predicted octanol–water partition coefficient (Wildman–Crippen LogP) is 0.238. The summed E-state index contributed by atoms with van der Waals surface area (Å²) < 4.78 is 9.87. The van der Waals surface area contributed by atoms with Crippen LogP contribution < -0.4 is 0 Å². The molecule has 74 valence electrons. The summed E-state index contributed by atoms with van der Waals surface area (Å²) in [6.07, 6.45) is -0.546. The van der Waals surface area contributed by atoms with Crippen molar-refractivity contribution in [1.29, 1.82) is 0 Å². The normalized spacial score (nSPS) is 16.0. The van der Waals surface area contributed by atoms with E-state index >= 15 is 0 Å². The Bertz CT molecular complexity index is 103. The highest BCUT2D eigenvalue weighted by atomic mass is 32.1. The van der Waals surface area contributed by atoms with Crippen molar-refractivity contribution in [2.75, 3.05) is 32.7 Å². The first-order chi connectivity index (χ1) is 5.70. The number of aliphatic hydroxyl groups is 1. The molecule has 0 aliphatic rings. The zero-order valence-corrected chi connectivity index (χ0v) is 8.93. The van der Waals surface area contributed by atoms with E-state index in [9.17, 15) is 0 Å². The van der Waals surface area contributed by atoms with Crippen LogP contribution in [0.25, 0.3) is 0 Å². The average Bonchev–Trinajstić information content (AvgIpc) is 2.04. The zero-order valence-electron chi connectivity index (χ0n) is 7.14. The predicted molar refractivity (Wildman–Crippen MR) is 55.3 cm³/mol. The van der Waals surface area contributed by atoms with Crippen LogP contribution in [0.4, 0.5) is 0 Å². The van der Waals surface area contributed by atoms with Crippen LogP contribution in [0.3, 0.4) is 0 Å². The van der Waals surface area contributed by atoms with E-state index in [1.165, 1.54) is 0 Å². The van der Waals surface area contributed by atoms with Gasteiger partial charge in [0.2, 0.25) is 0 Å². The third kappa shape index (κ3) is 7.24. The second-order valence-electron chi connectivity index (χ2n) is 2.48. The summed E-state index contributed by atoms with van der Waals surface area (Å²) in [5.74, 6) is 0.670. The Morgan fingerprint density at radius 1 is 1.33 bits per heavy atom. The highest BCUT2D eigenvalue weighted by molar-refractivity contribution is 7.84. The van der Waals surface area contributed by atoms with Crippen molar-refractivity contribution in [3.63, 3.8) is 0 Å². The lowest BCUT2D eigenvalue weighted by Crippen LogP contribution is -2.23. The third-order valence-corrected chi connectivity index (χ3v) is 2.25. The van der Waals surface area contributed by atoms with Crippen molar-refractivity contribution in [3.8, 4) is 0 Å². The summed E-state index contributed by atoms with van der Waals surface area (Å²) in [4.78, 5) is 0. The molecule has 0 saturated heterocycles. The monoisotopic (exact) mass is 212 g/mol. The number of rotatable bonds is 7. The fourth-order valence-electron chi connectivity index (χ4n) is 0.633. The van der Waals surface area contributed by atoms with Crippen molar-refractivity contribution in [2.45, 2.75) is 11.4 Å². The van der Waals surface area contributed by atoms with Crippen molar-refractivity contribution >= 4 is 25.3 Å². The number of ether oxygens (including phenoxy) is 2. The smallest absolute Gasteiger partial charge is 0.101 e. The van der Waals surface area contributed by atoms with Crippen molar-refractivity contribution < 1.29 is 14.6 Å². The minimum atomic E-state index is -0.546. The zero-order chi connectivity index (χ0) is 9.40. The van der Waals surface area contributed by atoms with Gasteiger partial charge >= 0.3 is 0 Å². The highest BCUT2D eigenvalue weighted by Gasteiger charge is 2.05. The van der Waals surface area contributed by atoms with E-state index in [1.807, 2.05) is 0 Å². The molecule has 0 aliphatic heterocycles.